The van der Waals surface area contributed by atoms with Gasteiger partial charge in [0.25, 0.3) is 10.0 Å². The SMILES string of the molecule is Cc1ccc(S(=O)(=O)N(CC(=O)NCc2cccc(O[C@H](C)C(=O)ON)c2)c2cccc(Cl)c2Cl)cc1. The van der Waals surface area contributed by atoms with Crippen molar-refractivity contribution in [2.24, 2.45) is 5.90 Å². The number of anilines is 1. The van der Waals surface area contributed by atoms with E-state index in [1.54, 1.807) is 42.5 Å². The van der Waals surface area contributed by atoms with E-state index in [9.17, 15) is 18.0 Å². The van der Waals surface area contributed by atoms with Crippen molar-refractivity contribution < 1.29 is 27.6 Å². The van der Waals surface area contributed by atoms with E-state index in [4.69, 9.17) is 33.8 Å². The van der Waals surface area contributed by atoms with Gasteiger partial charge in [-0.3, -0.25) is 9.10 Å². The molecule has 1 atom stereocenters. The van der Waals surface area contributed by atoms with Gasteiger partial charge in [0.05, 0.1) is 20.6 Å². The fraction of sp³-hybridized carbons (Fsp3) is 0.200. The Bertz CT molecular complexity index is 1380. The lowest BCUT2D eigenvalue weighted by molar-refractivity contribution is -0.151. The number of nitrogens with two attached hydrogens (primary N) is 1. The summed E-state index contributed by atoms with van der Waals surface area (Å²) in [6, 6.07) is 17.4. The molecule has 3 aromatic carbocycles. The number of carbonyl (C=O) groups excluding carboxylic acids is 2. The van der Waals surface area contributed by atoms with E-state index in [1.165, 1.54) is 31.2 Å². The van der Waals surface area contributed by atoms with Gasteiger partial charge in [-0.1, -0.05) is 59.1 Å². The molecule has 0 aliphatic heterocycles. The number of amides is 1. The van der Waals surface area contributed by atoms with Crippen LogP contribution in [0.15, 0.2) is 71.6 Å². The maximum atomic E-state index is 13.5. The van der Waals surface area contributed by atoms with E-state index >= 15 is 0 Å². The molecule has 3 aromatic rings. The van der Waals surface area contributed by atoms with Crippen molar-refractivity contribution in [2.75, 3.05) is 10.8 Å². The number of benzene rings is 3. The Hall–Kier alpha value is -3.31. The van der Waals surface area contributed by atoms with Gasteiger partial charge in [0.2, 0.25) is 5.91 Å². The predicted octanol–water partition coefficient (Wildman–Crippen LogP) is 4.00. The van der Waals surface area contributed by atoms with E-state index in [0.717, 1.165) is 9.87 Å². The molecule has 3 rings (SSSR count). The number of nitrogens with zero attached hydrogens (tertiary/aromatic N) is 1. The molecule has 1 amide bonds. The van der Waals surface area contributed by atoms with Crippen LogP contribution in [0.3, 0.4) is 0 Å². The first-order chi connectivity index (χ1) is 17.5. The number of carbonyl (C=O) groups is 2. The molecule has 0 aromatic heterocycles. The largest absolute Gasteiger partial charge is 0.479 e. The highest BCUT2D eigenvalue weighted by molar-refractivity contribution is 7.92. The van der Waals surface area contributed by atoms with Crippen molar-refractivity contribution in [1.29, 1.82) is 0 Å². The van der Waals surface area contributed by atoms with Crippen LogP contribution in [0.4, 0.5) is 5.69 Å². The van der Waals surface area contributed by atoms with Gasteiger partial charge in [-0.05, 0) is 55.8 Å². The van der Waals surface area contributed by atoms with E-state index in [1.807, 2.05) is 6.92 Å². The third-order valence-electron chi connectivity index (χ3n) is 5.25. The van der Waals surface area contributed by atoms with Crippen LogP contribution >= 0.6 is 23.2 Å². The quantitative estimate of drug-likeness (QED) is 0.355. The van der Waals surface area contributed by atoms with Crippen LogP contribution < -0.4 is 20.3 Å². The second-order valence-electron chi connectivity index (χ2n) is 8.02. The average molecular weight is 566 g/mol. The van der Waals surface area contributed by atoms with E-state index in [0.29, 0.717) is 11.3 Å². The Morgan fingerprint density at radius 3 is 2.41 bits per heavy atom. The summed E-state index contributed by atoms with van der Waals surface area (Å²) in [5.74, 6) is 3.90. The first-order valence-corrected chi connectivity index (χ1v) is 13.2. The molecule has 0 radical (unpaired) electrons. The van der Waals surface area contributed by atoms with Crippen LogP contribution in [0.2, 0.25) is 10.0 Å². The molecule has 0 bridgehead atoms. The summed E-state index contributed by atoms with van der Waals surface area (Å²) in [5, 5.41) is 2.84. The zero-order chi connectivity index (χ0) is 27.2. The number of hydrogen-bond donors (Lipinski definition) is 2. The van der Waals surface area contributed by atoms with E-state index in [-0.39, 0.29) is 27.2 Å². The summed E-state index contributed by atoms with van der Waals surface area (Å²) < 4.78 is 33.4. The first kappa shape index (κ1) is 28.3. The van der Waals surface area contributed by atoms with Gasteiger partial charge >= 0.3 is 5.97 Å². The molecule has 0 fully saturated rings. The zero-order valence-electron chi connectivity index (χ0n) is 20.0. The Kier molecular flexibility index (Phi) is 9.39. The average Bonchev–Trinajstić information content (AvgIpc) is 2.87. The van der Waals surface area contributed by atoms with Crippen LogP contribution in [0, 0.1) is 6.92 Å². The highest BCUT2D eigenvalue weighted by atomic mass is 35.5. The number of sulfonamides is 1. The summed E-state index contributed by atoms with van der Waals surface area (Å²) in [6.07, 6.45) is -0.933. The molecule has 0 aliphatic rings. The maximum absolute atomic E-state index is 13.5. The number of ether oxygens (including phenoxy) is 1. The fourth-order valence-corrected chi connectivity index (χ4v) is 5.17. The maximum Gasteiger partial charge on any atom is 0.365 e. The molecule has 37 heavy (non-hydrogen) atoms. The minimum Gasteiger partial charge on any atom is -0.479 e. The minimum atomic E-state index is -4.16. The van der Waals surface area contributed by atoms with Crippen LogP contribution in [0.25, 0.3) is 0 Å². The normalized spacial score (nSPS) is 11.9. The monoisotopic (exact) mass is 565 g/mol. The third kappa shape index (κ3) is 7.14. The number of halogens is 2. The highest BCUT2D eigenvalue weighted by Gasteiger charge is 2.29. The summed E-state index contributed by atoms with van der Waals surface area (Å²) in [6.45, 7) is 2.83. The summed E-state index contributed by atoms with van der Waals surface area (Å²) >= 11 is 12.5. The van der Waals surface area contributed by atoms with Crippen molar-refractivity contribution >= 4 is 50.8 Å². The van der Waals surface area contributed by atoms with E-state index < -0.39 is 34.5 Å². The van der Waals surface area contributed by atoms with Gasteiger partial charge in [-0.25, -0.2) is 13.2 Å². The number of rotatable bonds is 10. The molecule has 0 aliphatic carbocycles. The van der Waals surface area contributed by atoms with Crippen molar-refractivity contribution in [1.82, 2.24) is 5.32 Å². The predicted molar refractivity (Wildman–Crippen MR) is 141 cm³/mol. The molecule has 9 nitrogen and oxygen atoms in total. The number of aryl methyl sites for hydroxylation is 1. The van der Waals surface area contributed by atoms with Gasteiger partial charge in [0, 0.05) is 6.54 Å². The minimum absolute atomic E-state index is 0.00243. The molecule has 0 saturated heterocycles. The molecule has 196 valence electrons. The standard InChI is InChI=1S/C25H25Cl2N3O6S/c1-16-9-11-20(12-10-16)37(33,34)30(22-8-4-7-21(26)24(22)27)15-23(31)29-14-18-5-3-6-19(13-18)35-17(2)25(32)36-28/h3-13,17H,14-15,28H2,1-2H3,(H,29,31)/t17-/m1/s1. The molecular weight excluding hydrogens is 541 g/mol. The van der Waals surface area contributed by atoms with Gasteiger partial charge < -0.3 is 14.9 Å². The lowest BCUT2D eigenvalue weighted by Crippen LogP contribution is -2.40. The fourth-order valence-electron chi connectivity index (χ4n) is 3.29. The Labute approximate surface area is 225 Å². The van der Waals surface area contributed by atoms with Crippen LogP contribution in [-0.4, -0.2) is 32.9 Å². The lowest BCUT2D eigenvalue weighted by Gasteiger charge is -2.25. The van der Waals surface area contributed by atoms with Crippen molar-refractivity contribution in [3.8, 4) is 5.75 Å². The summed E-state index contributed by atoms with van der Waals surface area (Å²) in [7, 11) is -4.16. The van der Waals surface area contributed by atoms with Crippen LogP contribution in [-0.2, 0) is 31.0 Å². The van der Waals surface area contributed by atoms with Gasteiger partial charge in [-0.2, -0.15) is 5.90 Å². The Morgan fingerprint density at radius 2 is 1.73 bits per heavy atom. The summed E-state index contributed by atoms with van der Waals surface area (Å²) in [4.78, 5) is 28.6. The molecule has 0 heterocycles. The van der Waals surface area contributed by atoms with Crippen molar-refractivity contribution in [3.63, 3.8) is 0 Å². The zero-order valence-corrected chi connectivity index (χ0v) is 22.3. The number of hydrogen-bond acceptors (Lipinski definition) is 7. The summed E-state index contributed by atoms with van der Waals surface area (Å²) in [5.41, 5.74) is 1.60. The second-order valence-corrected chi connectivity index (χ2v) is 10.7. The van der Waals surface area contributed by atoms with E-state index in [2.05, 4.69) is 10.2 Å². The smallest absolute Gasteiger partial charge is 0.365 e. The lowest BCUT2D eigenvalue weighted by atomic mass is 10.2. The first-order valence-electron chi connectivity index (χ1n) is 11.0. The molecule has 0 unspecified atom stereocenters. The van der Waals surface area contributed by atoms with Gasteiger partial charge in [-0.15, -0.1) is 0 Å². The van der Waals surface area contributed by atoms with Crippen LogP contribution in [0.5, 0.6) is 5.75 Å². The molecule has 12 heteroatoms. The molecule has 3 N–H and O–H groups in total. The third-order valence-corrected chi connectivity index (χ3v) is 7.83. The van der Waals surface area contributed by atoms with Crippen molar-refractivity contribution in [3.05, 3.63) is 87.9 Å². The molecular formula is C25H25Cl2N3O6S. The molecule has 0 saturated carbocycles. The Morgan fingerprint density at radius 1 is 1.05 bits per heavy atom. The van der Waals surface area contributed by atoms with Gasteiger partial charge in [0.1, 0.15) is 12.3 Å². The van der Waals surface area contributed by atoms with Crippen molar-refractivity contribution in [2.45, 2.75) is 31.4 Å². The topological polar surface area (TPSA) is 128 Å². The van der Waals surface area contributed by atoms with Crippen LogP contribution in [0.1, 0.15) is 18.1 Å². The number of nitrogens with one attached hydrogen (secondary N) is 1. The van der Waals surface area contributed by atoms with Gasteiger partial charge in [0.15, 0.2) is 6.10 Å². The highest BCUT2D eigenvalue weighted by Crippen LogP contribution is 2.35. The Balaban J connectivity index is 1.80. The molecule has 0 spiro atoms. The second kappa shape index (κ2) is 12.3.